The molecule has 0 fully saturated rings. The number of carbonyl (C=O) groups excluding carboxylic acids is 1. The number of amides is 1. The van der Waals surface area contributed by atoms with Crippen LogP contribution in [0.1, 0.15) is 11.1 Å². The van der Waals surface area contributed by atoms with E-state index in [0.717, 1.165) is 11.1 Å². The van der Waals surface area contributed by atoms with Crippen LogP contribution in [0.2, 0.25) is 0 Å². The molecule has 1 amide bonds. The number of fused-ring (bicyclic) bond motifs is 1. The molecule has 4 rings (SSSR count). The lowest BCUT2D eigenvalue weighted by atomic mass is 10.0. The number of para-hydroxylation sites is 2. The molecule has 1 aliphatic rings. The van der Waals surface area contributed by atoms with E-state index in [1.807, 2.05) is 44.2 Å². The van der Waals surface area contributed by atoms with Crippen molar-refractivity contribution in [3.8, 4) is 22.8 Å². The Morgan fingerprint density at radius 2 is 1.88 bits per heavy atom. The first-order chi connectivity index (χ1) is 12.6. The van der Waals surface area contributed by atoms with Crippen molar-refractivity contribution in [3.63, 3.8) is 0 Å². The molecule has 1 N–H and O–H groups in total. The Hall–Kier alpha value is -3.35. The number of benzene rings is 2. The van der Waals surface area contributed by atoms with Gasteiger partial charge in [-0.1, -0.05) is 24.3 Å². The van der Waals surface area contributed by atoms with Gasteiger partial charge in [0.25, 0.3) is 5.91 Å². The minimum atomic E-state index is -0.783. The molecule has 2 aromatic carbocycles. The molecule has 0 unspecified atom stereocenters. The molecule has 3 aromatic rings. The molecule has 1 aliphatic heterocycles. The van der Waals surface area contributed by atoms with Gasteiger partial charge in [-0.15, -0.1) is 0 Å². The number of ether oxygens (including phenoxy) is 2. The van der Waals surface area contributed by atoms with E-state index in [1.165, 1.54) is 5.56 Å². The third-order valence-electron chi connectivity index (χ3n) is 4.31. The van der Waals surface area contributed by atoms with Crippen LogP contribution in [0.3, 0.4) is 0 Å². The van der Waals surface area contributed by atoms with Crippen LogP contribution in [0.25, 0.3) is 11.3 Å². The van der Waals surface area contributed by atoms with E-state index < -0.39 is 6.10 Å². The zero-order valence-corrected chi connectivity index (χ0v) is 14.4. The minimum Gasteiger partial charge on any atom is -0.485 e. The Kier molecular flexibility index (Phi) is 4.04. The van der Waals surface area contributed by atoms with Gasteiger partial charge >= 0.3 is 0 Å². The smallest absolute Gasteiger partial charge is 0.270 e. The number of carbonyl (C=O) groups is 1. The Labute approximate surface area is 149 Å². The predicted molar refractivity (Wildman–Crippen MR) is 94.2 cm³/mol. The van der Waals surface area contributed by atoms with Gasteiger partial charge in [-0.25, -0.2) is 4.63 Å². The highest BCUT2D eigenvalue weighted by Gasteiger charge is 2.29. The van der Waals surface area contributed by atoms with Gasteiger partial charge in [0.15, 0.2) is 17.2 Å². The van der Waals surface area contributed by atoms with E-state index >= 15 is 0 Å². The SMILES string of the molecule is Cc1ccc(-c2nonc2NC(=O)[C@H]2COc3ccccc3O2)cc1C. The highest BCUT2D eigenvalue weighted by molar-refractivity contribution is 5.96. The van der Waals surface area contributed by atoms with Crippen molar-refractivity contribution in [3.05, 3.63) is 53.6 Å². The predicted octanol–water partition coefficient (Wildman–Crippen LogP) is 3.13. The zero-order chi connectivity index (χ0) is 18.1. The molecule has 0 aliphatic carbocycles. The van der Waals surface area contributed by atoms with Gasteiger partial charge in [-0.05, 0) is 53.5 Å². The minimum absolute atomic E-state index is 0.118. The van der Waals surface area contributed by atoms with Crippen molar-refractivity contribution in [2.24, 2.45) is 0 Å². The van der Waals surface area contributed by atoms with Gasteiger partial charge in [-0.2, -0.15) is 0 Å². The fraction of sp³-hybridized carbons (Fsp3) is 0.211. The number of nitrogens with one attached hydrogen (secondary N) is 1. The Balaban J connectivity index is 1.53. The van der Waals surface area contributed by atoms with E-state index in [2.05, 4.69) is 15.6 Å². The summed E-state index contributed by atoms with van der Waals surface area (Å²) in [5, 5.41) is 10.4. The summed E-state index contributed by atoms with van der Waals surface area (Å²) in [6.07, 6.45) is -0.783. The molecule has 26 heavy (non-hydrogen) atoms. The number of hydrogen-bond acceptors (Lipinski definition) is 6. The quantitative estimate of drug-likeness (QED) is 0.780. The van der Waals surface area contributed by atoms with Crippen LogP contribution in [-0.2, 0) is 4.79 Å². The molecule has 7 heteroatoms. The van der Waals surface area contributed by atoms with E-state index in [1.54, 1.807) is 12.1 Å². The fourth-order valence-corrected chi connectivity index (χ4v) is 2.69. The number of aryl methyl sites for hydroxylation is 2. The Bertz CT molecular complexity index is 967. The number of rotatable bonds is 3. The van der Waals surface area contributed by atoms with Crippen molar-refractivity contribution >= 4 is 11.7 Å². The van der Waals surface area contributed by atoms with Crippen LogP contribution >= 0.6 is 0 Å². The van der Waals surface area contributed by atoms with Crippen LogP contribution in [0.4, 0.5) is 5.82 Å². The number of aromatic nitrogens is 2. The third-order valence-corrected chi connectivity index (χ3v) is 4.31. The normalized spacial score (nSPS) is 15.5. The van der Waals surface area contributed by atoms with Crippen molar-refractivity contribution < 1.29 is 18.9 Å². The van der Waals surface area contributed by atoms with E-state index in [0.29, 0.717) is 17.2 Å². The number of hydrogen-bond donors (Lipinski definition) is 1. The topological polar surface area (TPSA) is 86.5 Å². The summed E-state index contributed by atoms with van der Waals surface area (Å²) in [7, 11) is 0. The largest absolute Gasteiger partial charge is 0.485 e. The zero-order valence-electron chi connectivity index (χ0n) is 14.4. The molecule has 0 saturated heterocycles. The van der Waals surface area contributed by atoms with Gasteiger partial charge in [0.2, 0.25) is 11.9 Å². The fourth-order valence-electron chi connectivity index (χ4n) is 2.69. The molecule has 0 radical (unpaired) electrons. The second-order valence-electron chi connectivity index (χ2n) is 6.11. The summed E-state index contributed by atoms with van der Waals surface area (Å²) >= 11 is 0. The van der Waals surface area contributed by atoms with Gasteiger partial charge < -0.3 is 14.8 Å². The maximum atomic E-state index is 12.6. The summed E-state index contributed by atoms with van der Waals surface area (Å²) in [6, 6.07) is 13.1. The molecule has 7 nitrogen and oxygen atoms in total. The lowest BCUT2D eigenvalue weighted by molar-refractivity contribution is -0.125. The lowest BCUT2D eigenvalue weighted by Gasteiger charge is -2.25. The van der Waals surface area contributed by atoms with Gasteiger partial charge in [0.05, 0.1) is 0 Å². The highest BCUT2D eigenvalue weighted by atomic mass is 16.6. The van der Waals surface area contributed by atoms with Crippen molar-refractivity contribution in [2.45, 2.75) is 20.0 Å². The molecular weight excluding hydrogens is 334 g/mol. The van der Waals surface area contributed by atoms with Crippen LogP contribution in [0, 0.1) is 13.8 Å². The molecule has 0 bridgehead atoms. The second-order valence-corrected chi connectivity index (χ2v) is 6.11. The molecule has 2 heterocycles. The lowest BCUT2D eigenvalue weighted by Crippen LogP contribution is -2.40. The first-order valence-electron chi connectivity index (χ1n) is 8.21. The maximum Gasteiger partial charge on any atom is 0.270 e. The summed E-state index contributed by atoms with van der Waals surface area (Å²) in [5.74, 6) is 1.03. The van der Waals surface area contributed by atoms with Gasteiger partial charge in [0, 0.05) is 5.56 Å². The summed E-state index contributed by atoms with van der Waals surface area (Å²) in [5.41, 5.74) is 3.57. The summed E-state index contributed by atoms with van der Waals surface area (Å²) in [4.78, 5) is 12.6. The Morgan fingerprint density at radius 3 is 2.69 bits per heavy atom. The summed E-state index contributed by atoms with van der Waals surface area (Å²) < 4.78 is 16.1. The molecule has 1 atom stereocenters. The van der Waals surface area contributed by atoms with Crippen molar-refractivity contribution in [2.75, 3.05) is 11.9 Å². The molecular formula is C19H17N3O4. The van der Waals surface area contributed by atoms with Crippen LogP contribution < -0.4 is 14.8 Å². The van der Waals surface area contributed by atoms with Crippen LogP contribution in [0.5, 0.6) is 11.5 Å². The van der Waals surface area contributed by atoms with Gasteiger partial charge in [0.1, 0.15) is 6.61 Å². The monoisotopic (exact) mass is 351 g/mol. The number of nitrogens with zero attached hydrogens (tertiary/aromatic N) is 2. The Morgan fingerprint density at radius 1 is 1.08 bits per heavy atom. The first-order valence-corrected chi connectivity index (χ1v) is 8.21. The van der Waals surface area contributed by atoms with Crippen molar-refractivity contribution in [1.82, 2.24) is 10.3 Å². The standard InChI is InChI=1S/C19H17N3O4/c1-11-7-8-13(9-12(11)2)17-18(22-26-21-17)20-19(23)16-10-24-14-5-3-4-6-15(14)25-16/h3-9,16H,10H2,1-2H3,(H,20,22,23)/t16-/m1/s1. The average molecular weight is 351 g/mol. The first kappa shape index (κ1) is 16.1. The summed E-state index contributed by atoms with van der Waals surface area (Å²) in [6.45, 7) is 4.16. The third kappa shape index (κ3) is 2.99. The highest BCUT2D eigenvalue weighted by Crippen LogP contribution is 2.31. The van der Waals surface area contributed by atoms with Crippen LogP contribution in [0.15, 0.2) is 47.1 Å². The van der Waals surface area contributed by atoms with E-state index in [-0.39, 0.29) is 18.3 Å². The molecule has 1 aromatic heterocycles. The van der Waals surface area contributed by atoms with E-state index in [9.17, 15) is 4.79 Å². The molecule has 0 spiro atoms. The average Bonchev–Trinajstić information content (AvgIpc) is 3.11. The molecule has 132 valence electrons. The maximum absolute atomic E-state index is 12.6. The molecule has 0 saturated carbocycles. The van der Waals surface area contributed by atoms with Gasteiger partial charge in [-0.3, -0.25) is 4.79 Å². The van der Waals surface area contributed by atoms with Crippen LogP contribution in [-0.4, -0.2) is 28.9 Å². The number of anilines is 1. The second kappa shape index (κ2) is 6.51. The van der Waals surface area contributed by atoms with E-state index in [4.69, 9.17) is 14.1 Å². The van der Waals surface area contributed by atoms with Crippen molar-refractivity contribution in [1.29, 1.82) is 0 Å².